The number of alkyl halides is 3. The van der Waals surface area contributed by atoms with Crippen molar-refractivity contribution in [2.75, 3.05) is 13.1 Å². The van der Waals surface area contributed by atoms with Crippen LogP contribution < -0.4 is 10.6 Å². The van der Waals surface area contributed by atoms with Gasteiger partial charge in [0.25, 0.3) is 0 Å². The van der Waals surface area contributed by atoms with Crippen LogP contribution in [0, 0.1) is 11.3 Å². The van der Waals surface area contributed by atoms with E-state index in [9.17, 15) is 22.8 Å². The van der Waals surface area contributed by atoms with E-state index in [1.54, 1.807) is 11.4 Å². The molecule has 0 rings (SSSR count). The number of nitrogens with one attached hydrogen (secondary N) is 2. The Balaban J connectivity index is 4.44. The molecule has 0 aromatic rings. The summed E-state index contributed by atoms with van der Waals surface area (Å²) in [6.45, 7) is -0.390. The van der Waals surface area contributed by atoms with Crippen LogP contribution in [0.4, 0.5) is 13.2 Å². The predicted octanol–water partition coefficient (Wildman–Crippen LogP) is 0.0115. The number of nitriles is 1. The van der Waals surface area contributed by atoms with E-state index < -0.39 is 30.1 Å². The molecule has 1 atom stereocenters. The van der Waals surface area contributed by atoms with Gasteiger partial charge in [-0.25, -0.2) is 4.79 Å². The molecule has 3 N–H and O–H groups in total. The van der Waals surface area contributed by atoms with E-state index in [4.69, 9.17) is 10.4 Å². The average Bonchev–Trinajstić information content (AvgIpc) is 2.24. The van der Waals surface area contributed by atoms with Crippen molar-refractivity contribution in [2.45, 2.75) is 25.1 Å². The minimum Gasteiger partial charge on any atom is -0.480 e. The highest BCUT2D eigenvalue weighted by Gasteiger charge is 2.57. The smallest absolute Gasteiger partial charge is 0.417 e. The van der Waals surface area contributed by atoms with Crippen LogP contribution in [-0.4, -0.2) is 41.8 Å². The number of carbonyl (C=O) groups is 2. The lowest BCUT2D eigenvalue weighted by Gasteiger charge is -2.28. The van der Waals surface area contributed by atoms with E-state index in [2.05, 4.69) is 5.32 Å². The number of carboxylic acid groups (broad SMARTS) is 1. The molecule has 0 aromatic carbocycles. The lowest BCUT2D eigenvalue weighted by Crippen LogP contribution is -2.61. The number of amides is 1. The van der Waals surface area contributed by atoms with E-state index in [1.807, 2.05) is 0 Å². The minimum atomic E-state index is -5.04. The molecule has 0 fully saturated rings. The molecule has 102 valence electrons. The number of rotatable bonds is 6. The minimum absolute atomic E-state index is 0.00713. The van der Waals surface area contributed by atoms with Crippen LogP contribution in [0.2, 0.25) is 0 Å². The highest BCUT2D eigenvalue weighted by atomic mass is 19.4. The number of halogens is 3. The zero-order valence-corrected chi connectivity index (χ0v) is 9.47. The maximum absolute atomic E-state index is 12.5. The van der Waals surface area contributed by atoms with Crippen LogP contribution in [0.25, 0.3) is 0 Å². The Morgan fingerprint density at radius 1 is 1.39 bits per heavy atom. The Bertz CT molecular complexity index is 364. The molecule has 0 bridgehead atoms. The molecule has 0 aliphatic carbocycles. The summed E-state index contributed by atoms with van der Waals surface area (Å²) in [6.07, 6.45) is -5.02. The monoisotopic (exact) mass is 267 g/mol. The van der Waals surface area contributed by atoms with Gasteiger partial charge in [0.05, 0.1) is 19.0 Å². The van der Waals surface area contributed by atoms with Crippen molar-refractivity contribution in [3.63, 3.8) is 0 Å². The van der Waals surface area contributed by atoms with Crippen molar-refractivity contribution < 1.29 is 27.9 Å². The summed E-state index contributed by atoms with van der Waals surface area (Å²) < 4.78 is 37.5. The molecule has 0 aliphatic heterocycles. The van der Waals surface area contributed by atoms with Crippen LogP contribution in [-0.2, 0) is 9.59 Å². The molecule has 0 radical (unpaired) electrons. The quantitative estimate of drug-likeness (QED) is 0.588. The maximum atomic E-state index is 12.5. The molecule has 6 nitrogen and oxygen atoms in total. The van der Waals surface area contributed by atoms with E-state index in [0.717, 1.165) is 0 Å². The molecule has 0 aromatic heterocycles. The molecule has 1 unspecified atom stereocenters. The van der Waals surface area contributed by atoms with E-state index in [1.165, 1.54) is 0 Å². The second kappa shape index (κ2) is 6.20. The van der Waals surface area contributed by atoms with Gasteiger partial charge in [-0.15, -0.1) is 0 Å². The van der Waals surface area contributed by atoms with E-state index >= 15 is 0 Å². The number of aliphatic carboxylic acids is 1. The van der Waals surface area contributed by atoms with Crippen LogP contribution in [0.3, 0.4) is 0 Å². The van der Waals surface area contributed by atoms with Crippen molar-refractivity contribution in [2.24, 2.45) is 0 Å². The van der Waals surface area contributed by atoms with Gasteiger partial charge in [0.15, 0.2) is 0 Å². The van der Waals surface area contributed by atoms with Gasteiger partial charge in [0, 0.05) is 6.54 Å². The number of nitrogens with zero attached hydrogens (tertiary/aromatic N) is 1. The topological polar surface area (TPSA) is 102 Å². The summed E-state index contributed by atoms with van der Waals surface area (Å²) in [5.41, 5.74) is -3.19. The molecule has 1 amide bonds. The SMILES string of the molecule is CC(NCC(=O)NCCC#N)(C(=O)O)C(F)(F)F. The van der Waals surface area contributed by atoms with Gasteiger partial charge in [-0.1, -0.05) is 0 Å². The van der Waals surface area contributed by atoms with Crippen molar-refractivity contribution in [1.82, 2.24) is 10.6 Å². The fourth-order valence-corrected chi connectivity index (χ4v) is 0.874. The Hall–Kier alpha value is -1.82. The van der Waals surface area contributed by atoms with Crippen molar-refractivity contribution in [1.29, 1.82) is 5.26 Å². The first kappa shape index (κ1) is 16.2. The summed E-state index contributed by atoms with van der Waals surface area (Å²) in [4.78, 5) is 21.7. The highest BCUT2D eigenvalue weighted by molar-refractivity contribution is 5.82. The first-order chi connectivity index (χ1) is 8.15. The first-order valence-electron chi connectivity index (χ1n) is 4.84. The third-order valence-corrected chi connectivity index (χ3v) is 2.16. The highest BCUT2D eigenvalue weighted by Crippen LogP contribution is 2.30. The zero-order chi connectivity index (χ0) is 14.4. The van der Waals surface area contributed by atoms with Crippen LogP contribution in [0.1, 0.15) is 13.3 Å². The lowest BCUT2D eigenvalue weighted by molar-refractivity contribution is -0.205. The number of hydrogen-bond acceptors (Lipinski definition) is 4. The molecular weight excluding hydrogens is 255 g/mol. The van der Waals surface area contributed by atoms with Crippen LogP contribution in [0.15, 0.2) is 0 Å². The van der Waals surface area contributed by atoms with Crippen LogP contribution in [0.5, 0.6) is 0 Å². The molecule has 0 saturated heterocycles. The van der Waals surface area contributed by atoms with E-state index in [-0.39, 0.29) is 13.0 Å². The summed E-state index contributed by atoms with van der Waals surface area (Å²) in [5.74, 6) is -2.94. The first-order valence-corrected chi connectivity index (χ1v) is 4.84. The van der Waals surface area contributed by atoms with Crippen molar-refractivity contribution in [3.8, 4) is 6.07 Å². The molecule has 0 heterocycles. The fraction of sp³-hybridized carbons (Fsp3) is 0.667. The van der Waals surface area contributed by atoms with Gasteiger partial charge in [-0.2, -0.15) is 18.4 Å². The number of hydrogen-bond donors (Lipinski definition) is 3. The predicted molar refractivity (Wildman–Crippen MR) is 53.3 cm³/mol. The Morgan fingerprint density at radius 3 is 2.33 bits per heavy atom. The summed E-state index contributed by atoms with van der Waals surface area (Å²) in [5, 5.41) is 20.5. The Morgan fingerprint density at radius 2 is 1.94 bits per heavy atom. The standard InChI is InChI=1S/C9H12F3N3O3/c1-8(7(17)18,9(10,11)12)15-5-6(16)14-4-2-3-13/h15H,2,4-5H2,1H3,(H,14,16)(H,17,18). The molecule has 0 aliphatic rings. The molecule has 0 spiro atoms. The van der Waals surface area contributed by atoms with Gasteiger partial charge in [0.2, 0.25) is 11.4 Å². The Labute approximate surface area is 101 Å². The number of carboxylic acids is 1. The average molecular weight is 267 g/mol. The summed E-state index contributed by atoms with van der Waals surface area (Å²) in [7, 11) is 0. The molecular formula is C9H12F3N3O3. The summed E-state index contributed by atoms with van der Waals surface area (Å²) >= 11 is 0. The van der Waals surface area contributed by atoms with Gasteiger partial charge in [-0.3, -0.25) is 10.1 Å². The number of carbonyl (C=O) groups excluding carboxylic acids is 1. The van der Waals surface area contributed by atoms with Gasteiger partial charge in [-0.05, 0) is 6.92 Å². The third-order valence-electron chi connectivity index (χ3n) is 2.16. The van der Waals surface area contributed by atoms with E-state index in [0.29, 0.717) is 6.92 Å². The Kier molecular flexibility index (Phi) is 5.58. The van der Waals surface area contributed by atoms with Gasteiger partial charge in [0.1, 0.15) is 0 Å². The normalized spacial score (nSPS) is 14.4. The van der Waals surface area contributed by atoms with Gasteiger partial charge < -0.3 is 10.4 Å². The second-order valence-electron chi connectivity index (χ2n) is 3.54. The third kappa shape index (κ3) is 4.21. The molecule has 18 heavy (non-hydrogen) atoms. The zero-order valence-electron chi connectivity index (χ0n) is 9.47. The molecule has 9 heteroatoms. The fourth-order valence-electron chi connectivity index (χ4n) is 0.874. The second-order valence-corrected chi connectivity index (χ2v) is 3.54. The summed E-state index contributed by atoms with van der Waals surface area (Å²) in [6, 6.07) is 1.73. The van der Waals surface area contributed by atoms with Crippen molar-refractivity contribution >= 4 is 11.9 Å². The largest absolute Gasteiger partial charge is 0.480 e. The van der Waals surface area contributed by atoms with Crippen molar-refractivity contribution in [3.05, 3.63) is 0 Å². The lowest BCUT2D eigenvalue weighted by atomic mass is 10.0. The maximum Gasteiger partial charge on any atom is 0.417 e. The van der Waals surface area contributed by atoms with Gasteiger partial charge >= 0.3 is 12.1 Å². The van der Waals surface area contributed by atoms with Crippen LogP contribution >= 0.6 is 0 Å². The molecule has 0 saturated carbocycles.